The summed E-state index contributed by atoms with van der Waals surface area (Å²) in [6.45, 7) is 11.5. The topological polar surface area (TPSA) is 59.0 Å². The molecular weight excluding hydrogens is 637 g/mol. The summed E-state index contributed by atoms with van der Waals surface area (Å²) >= 11 is 0. The van der Waals surface area contributed by atoms with Gasteiger partial charge in [-0.05, 0) is 51.7 Å². The van der Waals surface area contributed by atoms with Gasteiger partial charge in [0.2, 0.25) is 0 Å². The highest BCUT2D eigenvalue weighted by molar-refractivity contribution is 7.47. The maximum atomic E-state index is 12.0. The Morgan fingerprint density at radius 3 is 0.780 bits per heavy atom. The summed E-state index contributed by atoms with van der Waals surface area (Å²) in [6.07, 6.45) is 47.7. The lowest BCUT2D eigenvalue weighted by Gasteiger charge is -2.22. The zero-order chi connectivity index (χ0) is 36.5. The zero-order valence-corrected chi connectivity index (χ0v) is 35.5. The van der Waals surface area contributed by atoms with E-state index in [-0.39, 0.29) is 0 Å². The number of rotatable bonds is 44. The molecule has 0 fully saturated rings. The SMILES string of the molecule is CCCCCCCCCOP(=O)(O)OCCCCCCCCCCCCCCCCCCCN(CCCCCCCC)CCCCCCCC. The Kier molecular flexibility index (Phi) is 41.9. The molecule has 302 valence electrons. The second kappa shape index (κ2) is 41.8. The highest BCUT2D eigenvalue weighted by atomic mass is 31.2. The van der Waals surface area contributed by atoms with Gasteiger partial charge >= 0.3 is 7.82 Å². The minimum absolute atomic E-state index is 0.319. The molecule has 0 bridgehead atoms. The fourth-order valence-corrected chi connectivity index (χ4v) is 7.91. The molecule has 0 aliphatic rings. The van der Waals surface area contributed by atoms with Crippen LogP contribution in [0.5, 0.6) is 0 Å². The summed E-state index contributed by atoms with van der Waals surface area (Å²) < 4.78 is 22.3. The van der Waals surface area contributed by atoms with E-state index in [1.165, 1.54) is 225 Å². The molecule has 0 spiro atoms. The number of nitrogens with zero attached hydrogens (tertiary/aromatic N) is 1. The van der Waals surface area contributed by atoms with E-state index in [9.17, 15) is 9.46 Å². The molecule has 6 heteroatoms. The van der Waals surface area contributed by atoms with Crippen molar-refractivity contribution in [1.29, 1.82) is 0 Å². The first kappa shape index (κ1) is 50.1. The van der Waals surface area contributed by atoms with E-state index in [0.717, 1.165) is 25.7 Å². The van der Waals surface area contributed by atoms with Crippen molar-refractivity contribution in [2.75, 3.05) is 32.8 Å². The highest BCUT2D eigenvalue weighted by Crippen LogP contribution is 2.43. The maximum absolute atomic E-state index is 12.0. The number of hydrogen-bond acceptors (Lipinski definition) is 4. The Hall–Kier alpha value is 0.0700. The van der Waals surface area contributed by atoms with Crippen LogP contribution in [0, 0.1) is 0 Å². The van der Waals surface area contributed by atoms with Crippen molar-refractivity contribution in [3.63, 3.8) is 0 Å². The Morgan fingerprint density at radius 2 is 0.540 bits per heavy atom. The van der Waals surface area contributed by atoms with Crippen molar-refractivity contribution >= 4 is 7.82 Å². The normalized spacial score (nSPS) is 13.1. The van der Waals surface area contributed by atoms with Crippen LogP contribution in [-0.4, -0.2) is 42.6 Å². The van der Waals surface area contributed by atoms with E-state index >= 15 is 0 Å². The van der Waals surface area contributed by atoms with Gasteiger partial charge < -0.3 is 9.79 Å². The molecule has 5 nitrogen and oxygen atoms in total. The van der Waals surface area contributed by atoms with Crippen molar-refractivity contribution in [3.8, 4) is 0 Å². The van der Waals surface area contributed by atoms with Crippen molar-refractivity contribution < 1.29 is 18.5 Å². The fraction of sp³-hybridized carbons (Fsp3) is 1.00. The standard InChI is InChI=1S/C44H92NO4P/c1-4-7-10-13-28-33-38-43-48-50(46,47)49-44-39-34-29-26-24-22-20-18-16-17-19-21-23-25-27-32-37-42-45(40-35-30-14-11-8-5-2)41-36-31-15-12-9-6-3/h4-44H2,1-3H3,(H,46,47). The van der Waals surface area contributed by atoms with Crippen LogP contribution in [0.3, 0.4) is 0 Å². The molecule has 1 atom stereocenters. The summed E-state index contributed by atoms with van der Waals surface area (Å²) in [4.78, 5) is 12.6. The number of hydrogen-bond donors (Lipinski definition) is 1. The maximum Gasteiger partial charge on any atom is 0.472 e. The molecule has 0 heterocycles. The van der Waals surface area contributed by atoms with Gasteiger partial charge in [0.05, 0.1) is 13.2 Å². The Morgan fingerprint density at radius 1 is 0.340 bits per heavy atom. The lowest BCUT2D eigenvalue weighted by atomic mass is 10.0. The third-order valence-corrected chi connectivity index (χ3v) is 11.5. The molecule has 0 aliphatic heterocycles. The van der Waals surface area contributed by atoms with E-state index in [0.29, 0.717) is 13.2 Å². The molecule has 0 aliphatic carbocycles. The zero-order valence-electron chi connectivity index (χ0n) is 34.6. The number of unbranched alkanes of at least 4 members (excludes halogenated alkanes) is 32. The molecule has 0 aromatic rings. The summed E-state index contributed by atoms with van der Waals surface area (Å²) in [6, 6.07) is 0. The van der Waals surface area contributed by atoms with Gasteiger partial charge in [0, 0.05) is 0 Å². The molecular formula is C44H92NO4P. The lowest BCUT2D eigenvalue weighted by Crippen LogP contribution is -2.27. The van der Waals surface area contributed by atoms with E-state index in [1.807, 2.05) is 0 Å². The van der Waals surface area contributed by atoms with Gasteiger partial charge in [0.25, 0.3) is 0 Å². The van der Waals surface area contributed by atoms with Crippen LogP contribution in [0.2, 0.25) is 0 Å². The molecule has 50 heavy (non-hydrogen) atoms. The molecule has 0 rings (SSSR count). The number of phosphoric acid groups is 1. The van der Waals surface area contributed by atoms with Crippen LogP contribution in [0.15, 0.2) is 0 Å². The van der Waals surface area contributed by atoms with E-state index in [2.05, 4.69) is 25.7 Å². The molecule has 1 unspecified atom stereocenters. The third kappa shape index (κ3) is 40.8. The van der Waals surface area contributed by atoms with Gasteiger partial charge in [-0.15, -0.1) is 0 Å². The molecule has 0 radical (unpaired) electrons. The summed E-state index contributed by atoms with van der Waals surface area (Å²) in [5, 5.41) is 0. The molecule has 1 N–H and O–H groups in total. The van der Waals surface area contributed by atoms with E-state index < -0.39 is 7.82 Å². The molecule has 0 amide bonds. The van der Waals surface area contributed by atoms with Crippen LogP contribution < -0.4 is 0 Å². The van der Waals surface area contributed by atoms with Gasteiger partial charge in [-0.2, -0.15) is 0 Å². The second-order valence-corrected chi connectivity index (χ2v) is 17.1. The smallest absolute Gasteiger partial charge is 0.303 e. The third-order valence-electron chi connectivity index (χ3n) is 10.5. The fourth-order valence-electron chi connectivity index (χ4n) is 7.11. The average molecular weight is 730 g/mol. The quantitative estimate of drug-likeness (QED) is 0.0500. The summed E-state index contributed by atoms with van der Waals surface area (Å²) in [5.41, 5.74) is 0. The first-order chi connectivity index (χ1) is 24.6. The molecule has 0 aromatic heterocycles. The van der Waals surface area contributed by atoms with E-state index in [1.54, 1.807) is 0 Å². The molecule has 0 saturated heterocycles. The molecule has 0 aromatic carbocycles. The van der Waals surface area contributed by atoms with Crippen LogP contribution in [-0.2, 0) is 13.6 Å². The summed E-state index contributed by atoms with van der Waals surface area (Å²) in [5.74, 6) is 0. The second-order valence-electron chi connectivity index (χ2n) is 15.6. The van der Waals surface area contributed by atoms with Crippen LogP contribution in [0.1, 0.15) is 252 Å². The van der Waals surface area contributed by atoms with E-state index in [4.69, 9.17) is 9.05 Å². The van der Waals surface area contributed by atoms with Gasteiger partial charge in [-0.3, -0.25) is 9.05 Å². The van der Waals surface area contributed by atoms with Gasteiger partial charge in [0.1, 0.15) is 0 Å². The van der Waals surface area contributed by atoms with Crippen molar-refractivity contribution in [3.05, 3.63) is 0 Å². The van der Waals surface area contributed by atoms with Crippen LogP contribution in [0.4, 0.5) is 0 Å². The predicted molar refractivity (Wildman–Crippen MR) is 221 cm³/mol. The van der Waals surface area contributed by atoms with Gasteiger partial charge in [-0.1, -0.05) is 220 Å². The minimum atomic E-state index is -3.87. The first-order valence-electron chi connectivity index (χ1n) is 22.9. The van der Waals surface area contributed by atoms with Crippen LogP contribution in [0.25, 0.3) is 0 Å². The Balaban J connectivity index is 3.53. The first-order valence-corrected chi connectivity index (χ1v) is 24.4. The molecule has 0 saturated carbocycles. The summed E-state index contributed by atoms with van der Waals surface area (Å²) in [7, 11) is -3.87. The highest BCUT2D eigenvalue weighted by Gasteiger charge is 2.20. The van der Waals surface area contributed by atoms with Crippen molar-refractivity contribution in [1.82, 2.24) is 4.90 Å². The minimum Gasteiger partial charge on any atom is -0.303 e. The lowest BCUT2D eigenvalue weighted by molar-refractivity contribution is 0.145. The van der Waals surface area contributed by atoms with Crippen LogP contribution >= 0.6 is 7.82 Å². The predicted octanol–water partition coefficient (Wildman–Crippen LogP) is 15.5. The average Bonchev–Trinajstić information content (AvgIpc) is 3.11. The van der Waals surface area contributed by atoms with Gasteiger partial charge in [-0.25, -0.2) is 4.57 Å². The van der Waals surface area contributed by atoms with Crippen molar-refractivity contribution in [2.45, 2.75) is 252 Å². The Labute approximate surface area is 315 Å². The van der Waals surface area contributed by atoms with Crippen molar-refractivity contribution in [2.24, 2.45) is 0 Å². The largest absolute Gasteiger partial charge is 0.472 e. The van der Waals surface area contributed by atoms with Gasteiger partial charge in [0.15, 0.2) is 0 Å². The number of phosphoric ester groups is 1. The monoisotopic (exact) mass is 730 g/mol. The Bertz CT molecular complexity index is 662.